The fraction of sp³-hybridized carbons (Fsp3) is 0.353. The first kappa shape index (κ1) is 15.3. The summed E-state index contributed by atoms with van der Waals surface area (Å²) in [6, 6.07) is 7.72. The van der Waals surface area contributed by atoms with Gasteiger partial charge in [0.1, 0.15) is 22.6 Å². The molecule has 3 rings (SSSR count). The van der Waals surface area contributed by atoms with Crippen molar-refractivity contribution in [2.75, 3.05) is 7.11 Å². The van der Waals surface area contributed by atoms with Gasteiger partial charge in [-0.2, -0.15) is 5.10 Å². The van der Waals surface area contributed by atoms with Crippen LogP contribution >= 0.6 is 0 Å². The molecule has 2 aromatic heterocycles. The number of H-pyrrole nitrogens is 2. The normalized spacial score (nSPS) is 11.3. The molecule has 0 spiro atoms. The van der Waals surface area contributed by atoms with Gasteiger partial charge in [-0.25, -0.2) is 4.98 Å². The Morgan fingerprint density at radius 3 is 2.78 bits per heavy atom. The summed E-state index contributed by atoms with van der Waals surface area (Å²) in [5.74, 6) is 1.84. The Morgan fingerprint density at radius 1 is 1.26 bits per heavy atom. The van der Waals surface area contributed by atoms with Gasteiger partial charge >= 0.3 is 0 Å². The molecule has 0 saturated carbocycles. The number of fused-ring (bicyclic) bond motifs is 1. The van der Waals surface area contributed by atoms with Crippen LogP contribution in [0.1, 0.15) is 30.9 Å². The Kier molecular flexibility index (Phi) is 4.14. The van der Waals surface area contributed by atoms with Crippen molar-refractivity contribution in [1.29, 1.82) is 0 Å². The number of methoxy groups -OCH3 is 1. The van der Waals surface area contributed by atoms with Crippen molar-refractivity contribution in [3.63, 3.8) is 0 Å². The average Bonchev–Trinajstić information content (AvgIpc) is 2.91. The van der Waals surface area contributed by atoms with Crippen molar-refractivity contribution in [3.8, 4) is 5.75 Å². The monoisotopic (exact) mass is 312 g/mol. The van der Waals surface area contributed by atoms with E-state index >= 15 is 0 Å². The SMILES string of the molecule is COc1ccccc1Cc1nc2c(CC(C)C)n[nH]c2c(=O)[nH]1. The zero-order chi connectivity index (χ0) is 16.4. The zero-order valence-electron chi connectivity index (χ0n) is 13.5. The van der Waals surface area contributed by atoms with E-state index in [1.54, 1.807) is 7.11 Å². The van der Waals surface area contributed by atoms with Gasteiger partial charge in [-0.15, -0.1) is 0 Å². The molecule has 23 heavy (non-hydrogen) atoms. The van der Waals surface area contributed by atoms with Gasteiger partial charge in [0.2, 0.25) is 0 Å². The molecule has 0 aliphatic heterocycles. The summed E-state index contributed by atoms with van der Waals surface area (Å²) in [6.45, 7) is 4.23. The maximum Gasteiger partial charge on any atom is 0.276 e. The molecule has 2 heterocycles. The van der Waals surface area contributed by atoms with Gasteiger partial charge in [-0.1, -0.05) is 32.0 Å². The minimum atomic E-state index is -0.192. The summed E-state index contributed by atoms with van der Waals surface area (Å²) < 4.78 is 5.36. The largest absolute Gasteiger partial charge is 0.496 e. The third kappa shape index (κ3) is 3.11. The highest BCUT2D eigenvalue weighted by Gasteiger charge is 2.14. The van der Waals surface area contributed by atoms with E-state index in [1.807, 2.05) is 24.3 Å². The molecular weight excluding hydrogens is 292 g/mol. The Hall–Kier alpha value is -2.63. The Bertz CT molecular complexity index is 880. The van der Waals surface area contributed by atoms with Crippen molar-refractivity contribution < 1.29 is 4.74 Å². The third-order valence-electron chi connectivity index (χ3n) is 3.70. The minimum absolute atomic E-state index is 0.192. The molecule has 2 N–H and O–H groups in total. The number of aromatic nitrogens is 4. The molecule has 0 atom stereocenters. The second-order valence-electron chi connectivity index (χ2n) is 5.99. The number of rotatable bonds is 5. The smallest absolute Gasteiger partial charge is 0.276 e. The van der Waals surface area contributed by atoms with Crippen molar-refractivity contribution in [2.45, 2.75) is 26.7 Å². The van der Waals surface area contributed by atoms with E-state index in [0.717, 1.165) is 23.4 Å². The molecule has 120 valence electrons. The molecule has 0 saturated heterocycles. The highest BCUT2D eigenvalue weighted by Crippen LogP contribution is 2.20. The molecule has 0 aliphatic rings. The van der Waals surface area contributed by atoms with Crippen LogP contribution in [0.3, 0.4) is 0 Å². The number of nitrogens with one attached hydrogen (secondary N) is 2. The lowest BCUT2D eigenvalue weighted by Gasteiger charge is -2.08. The molecular formula is C17H20N4O2. The van der Waals surface area contributed by atoms with E-state index in [4.69, 9.17) is 4.74 Å². The maximum atomic E-state index is 12.2. The molecule has 0 unspecified atom stereocenters. The van der Waals surface area contributed by atoms with Crippen molar-refractivity contribution in [3.05, 3.63) is 51.7 Å². The summed E-state index contributed by atoms with van der Waals surface area (Å²) in [6.07, 6.45) is 1.28. The van der Waals surface area contributed by atoms with E-state index in [1.165, 1.54) is 0 Å². The minimum Gasteiger partial charge on any atom is -0.496 e. The van der Waals surface area contributed by atoms with E-state index in [9.17, 15) is 4.79 Å². The maximum absolute atomic E-state index is 12.2. The summed E-state index contributed by atoms with van der Waals surface area (Å²) >= 11 is 0. The number of aromatic amines is 2. The number of ether oxygens (including phenoxy) is 1. The molecule has 0 aliphatic carbocycles. The molecule has 6 nitrogen and oxygen atoms in total. The summed E-state index contributed by atoms with van der Waals surface area (Å²) in [5, 5.41) is 7.04. The van der Waals surface area contributed by atoms with Crippen LogP contribution in [0.5, 0.6) is 5.75 Å². The first-order chi connectivity index (χ1) is 11.1. The lowest BCUT2D eigenvalue weighted by Crippen LogP contribution is -2.12. The first-order valence-corrected chi connectivity index (χ1v) is 7.66. The molecule has 6 heteroatoms. The van der Waals surface area contributed by atoms with Gasteiger partial charge in [0.05, 0.1) is 12.8 Å². The Balaban J connectivity index is 2.03. The summed E-state index contributed by atoms with van der Waals surface area (Å²) in [4.78, 5) is 19.7. The van der Waals surface area contributed by atoms with Crippen molar-refractivity contribution in [2.24, 2.45) is 5.92 Å². The lowest BCUT2D eigenvalue weighted by atomic mass is 10.1. The van der Waals surface area contributed by atoms with Crippen LogP contribution in [0.2, 0.25) is 0 Å². The van der Waals surface area contributed by atoms with Crippen LogP contribution < -0.4 is 10.3 Å². The predicted octanol–water partition coefficient (Wildman–Crippen LogP) is 2.44. The van der Waals surface area contributed by atoms with Gasteiger partial charge < -0.3 is 9.72 Å². The Labute approximate surface area is 133 Å². The summed E-state index contributed by atoms with van der Waals surface area (Å²) in [5.41, 5.74) is 2.72. The second-order valence-corrected chi connectivity index (χ2v) is 5.99. The van der Waals surface area contributed by atoms with Crippen LogP contribution in [0.4, 0.5) is 0 Å². The standard InChI is InChI=1S/C17H20N4O2/c1-10(2)8-12-15-16(21-20-12)17(22)19-14(18-15)9-11-6-4-5-7-13(11)23-3/h4-7,10H,8-9H2,1-3H3,(H,20,21)(H,18,19,22). The number of hydrogen-bond acceptors (Lipinski definition) is 4. The first-order valence-electron chi connectivity index (χ1n) is 7.66. The molecule has 1 aromatic carbocycles. The average molecular weight is 312 g/mol. The molecule has 0 bridgehead atoms. The molecule has 0 fully saturated rings. The number of benzene rings is 1. The van der Waals surface area contributed by atoms with Crippen molar-refractivity contribution >= 4 is 11.0 Å². The van der Waals surface area contributed by atoms with Crippen LogP contribution in [-0.2, 0) is 12.8 Å². The predicted molar refractivity (Wildman–Crippen MR) is 88.9 cm³/mol. The van der Waals surface area contributed by atoms with Crippen LogP contribution in [0.25, 0.3) is 11.0 Å². The van der Waals surface area contributed by atoms with Crippen LogP contribution in [0.15, 0.2) is 29.1 Å². The molecule has 0 radical (unpaired) electrons. The van der Waals surface area contributed by atoms with Crippen molar-refractivity contribution in [1.82, 2.24) is 20.2 Å². The fourth-order valence-electron chi connectivity index (χ4n) is 2.65. The van der Waals surface area contributed by atoms with E-state index < -0.39 is 0 Å². The molecule has 0 amide bonds. The number of nitrogens with zero attached hydrogens (tertiary/aromatic N) is 2. The van der Waals surface area contributed by atoms with E-state index in [0.29, 0.717) is 29.2 Å². The van der Waals surface area contributed by atoms with Gasteiger partial charge in [0.15, 0.2) is 0 Å². The zero-order valence-corrected chi connectivity index (χ0v) is 13.5. The van der Waals surface area contributed by atoms with E-state index in [-0.39, 0.29) is 5.56 Å². The highest BCUT2D eigenvalue weighted by atomic mass is 16.5. The van der Waals surface area contributed by atoms with Crippen LogP contribution in [-0.4, -0.2) is 27.3 Å². The van der Waals surface area contributed by atoms with Gasteiger partial charge in [0.25, 0.3) is 5.56 Å². The third-order valence-corrected chi connectivity index (χ3v) is 3.70. The topological polar surface area (TPSA) is 83.7 Å². The number of hydrogen-bond donors (Lipinski definition) is 2. The molecule has 3 aromatic rings. The van der Waals surface area contributed by atoms with E-state index in [2.05, 4.69) is 34.0 Å². The second kappa shape index (κ2) is 6.24. The van der Waals surface area contributed by atoms with Gasteiger partial charge in [-0.3, -0.25) is 9.89 Å². The van der Waals surface area contributed by atoms with Crippen LogP contribution in [0, 0.1) is 5.92 Å². The fourth-order valence-corrected chi connectivity index (χ4v) is 2.65. The Morgan fingerprint density at radius 2 is 2.04 bits per heavy atom. The van der Waals surface area contributed by atoms with Gasteiger partial charge in [0, 0.05) is 12.0 Å². The highest BCUT2D eigenvalue weighted by molar-refractivity contribution is 5.75. The quantitative estimate of drug-likeness (QED) is 0.758. The lowest BCUT2D eigenvalue weighted by molar-refractivity contribution is 0.410. The number of para-hydroxylation sites is 1. The summed E-state index contributed by atoms with van der Waals surface area (Å²) in [7, 11) is 1.63. The van der Waals surface area contributed by atoms with Gasteiger partial charge in [-0.05, 0) is 18.4 Å².